The van der Waals surface area contributed by atoms with E-state index >= 15 is 0 Å². The maximum Gasteiger partial charge on any atom is 0.502 e. The van der Waals surface area contributed by atoms with Crippen LogP contribution in [0.1, 0.15) is 40.5 Å². The molecule has 0 fully saturated rings. The molecule has 0 aromatic carbocycles. The summed E-state index contributed by atoms with van der Waals surface area (Å²) < 4.78 is 22.7. The predicted molar refractivity (Wildman–Crippen MR) is 74.4 cm³/mol. The van der Waals surface area contributed by atoms with Gasteiger partial charge in [-0.25, -0.2) is 0 Å². The van der Waals surface area contributed by atoms with Crippen molar-refractivity contribution in [2.75, 3.05) is 19.8 Å². The Morgan fingerprint density at radius 1 is 1.16 bits per heavy atom. The van der Waals surface area contributed by atoms with Crippen molar-refractivity contribution in [3.8, 4) is 0 Å². The van der Waals surface area contributed by atoms with Crippen molar-refractivity contribution < 1.29 is 22.8 Å². The average molecular weight is 293 g/mol. The van der Waals surface area contributed by atoms with E-state index < -0.39 is 8.80 Å². The van der Waals surface area contributed by atoms with E-state index in [1.165, 1.54) is 0 Å². The van der Waals surface area contributed by atoms with Crippen molar-refractivity contribution in [1.29, 1.82) is 0 Å². The fourth-order valence-corrected chi connectivity index (χ4v) is 4.44. The lowest BCUT2D eigenvalue weighted by Gasteiger charge is -2.31. The minimum absolute atomic E-state index is 0.307. The third-order valence-electron chi connectivity index (χ3n) is 2.38. The molecule has 0 aliphatic carbocycles. The molecule has 7 heteroatoms. The van der Waals surface area contributed by atoms with Crippen LogP contribution < -0.4 is 5.73 Å². The highest BCUT2D eigenvalue weighted by molar-refractivity contribution is 6.60. The summed E-state index contributed by atoms with van der Waals surface area (Å²) >= 11 is 0. The molecule has 0 heterocycles. The van der Waals surface area contributed by atoms with Crippen LogP contribution in [0.5, 0.6) is 0 Å². The SMILES string of the molecule is CCOC(C)O[Si](CCCC(N)=O)(OCC)OCC. The largest absolute Gasteiger partial charge is 0.502 e. The normalized spacial score (nSPS) is 13.5. The van der Waals surface area contributed by atoms with Gasteiger partial charge in [-0.1, -0.05) is 0 Å². The fraction of sp³-hybridized carbons (Fsp3) is 0.917. The molecule has 114 valence electrons. The Kier molecular flexibility index (Phi) is 10.1. The number of nitrogens with two attached hydrogens (primary N) is 1. The Hall–Kier alpha value is -0.473. The van der Waals surface area contributed by atoms with Gasteiger partial charge in [0.1, 0.15) is 6.29 Å². The molecule has 0 bridgehead atoms. The van der Waals surface area contributed by atoms with Gasteiger partial charge in [0, 0.05) is 32.3 Å². The Labute approximate surface area is 116 Å². The zero-order valence-electron chi connectivity index (χ0n) is 12.4. The third kappa shape index (κ3) is 8.33. The van der Waals surface area contributed by atoms with Gasteiger partial charge in [-0.2, -0.15) is 0 Å². The van der Waals surface area contributed by atoms with Crippen molar-refractivity contribution in [3.63, 3.8) is 0 Å². The quantitative estimate of drug-likeness (QED) is 0.437. The second kappa shape index (κ2) is 10.3. The molecule has 1 unspecified atom stereocenters. The smallest absolute Gasteiger partial charge is 0.374 e. The highest BCUT2D eigenvalue weighted by atomic mass is 28.4. The number of carbonyl (C=O) groups is 1. The number of rotatable bonds is 12. The lowest BCUT2D eigenvalue weighted by atomic mass is 10.3. The molecule has 2 N–H and O–H groups in total. The van der Waals surface area contributed by atoms with E-state index in [0.29, 0.717) is 38.7 Å². The van der Waals surface area contributed by atoms with Gasteiger partial charge in [0.05, 0.1) is 0 Å². The van der Waals surface area contributed by atoms with E-state index in [1.54, 1.807) is 0 Å². The second-order valence-electron chi connectivity index (χ2n) is 4.01. The molecule has 0 aromatic heterocycles. The highest BCUT2D eigenvalue weighted by Gasteiger charge is 2.42. The Morgan fingerprint density at radius 2 is 1.74 bits per heavy atom. The standard InChI is InChI=1S/C12H27NO5Si/c1-5-15-11(4)18-19(16-6-2,17-7-3)10-8-9-12(13)14/h11H,5-10H2,1-4H3,(H2,13,14). The van der Waals surface area contributed by atoms with Crippen LogP contribution in [0.15, 0.2) is 0 Å². The van der Waals surface area contributed by atoms with Crippen LogP contribution in [0.4, 0.5) is 0 Å². The summed E-state index contributed by atoms with van der Waals surface area (Å²) in [6, 6.07) is 0.565. The van der Waals surface area contributed by atoms with Gasteiger partial charge in [0.2, 0.25) is 5.91 Å². The van der Waals surface area contributed by atoms with Crippen molar-refractivity contribution in [3.05, 3.63) is 0 Å². The van der Waals surface area contributed by atoms with E-state index in [0.717, 1.165) is 0 Å². The van der Waals surface area contributed by atoms with Crippen molar-refractivity contribution >= 4 is 14.7 Å². The summed E-state index contributed by atoms with van der Waals surface area (Å²) in [7, 11) is -2.80. The number of primary amides is 1. The minimum atomic E-state index is -2.80. The molecular weight excluding hydrogens is 266 g/mol. The van der Waals surface area contributed by atoms with Crippen molar-refractivity contribution in [2.24, 2.45) is 5.73 Å². The number of ether oxygens (including phenoxy) is 1. The Morgan fingerprint density at radius 3 is 2.16 bits per heavy atom. The first-order valence-corrected chi connectivity index (χ1v) is 8.78. The predicted octanol–water partition coefficient (Wildman–Crippen LogP) is 1.66. The fourth-order valence-electron chi connectivity index (χ4n) is 1.75. The van der Waals surface area contributed by atoms with Gasteiger partial charge in [0.25, 0.3) is 0 Å². The summed E-state index contributed by atoms with van der Waals surface area (Å²) in [5, 5.41) is 0. The summed E-state index contributed by atoms with van der Waals surface area (Å²) in [6.07, 6.45) is 0.519. The zero-order chi connectivity index (χ0) is 14.7. The Bertz CT molecular complexity index is 246. The van der Waals surface area contributed by atoms with E-state index in [2.05, 4.69) is 0 Å². The van der Waals surface area contributed by atoms with Gasteiger partial charge >= 0.3 is 8.80 Å². The van der Waals surface area contributed by atoms with Crippen molar-refractivity contribution in [1.82, 2.24) is 0 Å². The summed E-state index contributed by atoms with van der Waals surface area (Å²) in [6.45, 7) is 9.07. The van der Waals surface area contributed by atoms with Crippen LogP contribution in [0, 0.1) is 0 Å². The van der Waals surface area contributed by atoms with E-state index in [1.807, 2.05) is 27.7 Å². The summed E-state index contributed by atoms with van der Waals surface area (Å²) in [4.78, 5) is 10.8. The van der Waals surface area contributed by atoms with Crippen LogP contribution >= 0.6 is 0 Å². The molecule has 0 aliphatic rings. The van der Waals surface area contributed by atoms with Crippen LogP contribution in [0.3, 0.4) is 0 Å². The molecule has 1 atom stereocenters. The first-order chi connectivity index (χ1) is 8.99. The monoisotopic (exact) mass is 293 g/mol. The molecular formula is C12H27NO5Si. The molecule has 6 nitrogen and oxygen atoms in total. The maximum absolute atomic E-state index is 10.8. The number of hydrogen-bond donors (Lipinski definition) is 1. The van der Waals surface area contributed by atoms with E-state index in [9.17, 15) is 4.79 Å². The Balaban J connectivity index is 4.59. The van der Waals surface area contributed by atoms with Crippen molar-refractivity contribution in [2.45, 2.75) is 52.9 Å². The van der Waals surface area contributed by atoms with Gasteiger partial charge in [-0.3, -0.25) is 4.79 Å². The zero-order valence-corrected chi connectivity index (χ0v) is 13.4. The van der Waals surface area contributed by atoms with Gasteiger partial charge < -0.3 is 23.7 Å². The molecule has 0 aliphatic heterocycles. The summed E-state index contributed by atoms with van der Waals surface area (Å²) in [5.41, 5.74) is 5.15. The maximum atomic E-state index is 10.8. The first kappa shape index (κ1) is 18.5. The minimum Gasteiger partial charge on any atom is -0.374 e. The molecule has 0 rings (SSSR count). The highest BCUT2D eigenvalue weighted by Crippen LogP contribution is 2.21. The van der Waals surface area contributed by atoms with Gasteiger partial charge in [-0.05, 0) is 34.1 Å². The topological polar surface area (TPSA) is 80.0 Å². The first-order valence-electron chi connectivity index (χ1n) is 6.85. The molecule has 0 spiro atoms. The molecule has 0 radical (unpaired) electrons. The molecule has 0 aromatic rings. The molecule has 0 saturated carbocycles. The van der Waals surface area contributed by atoms with Gasteiger partial charge in [0.15, 0.2) is 0 Å². The van der Waals surface area contributed by atoms with E-state index in [4.69, 9.17) is 23.7 Å². The average Bonchev–Trinajstić information content (AvgIpc) is 2.29. The third-order valence-corrected chi connectivity index (χ3v) is 5.50. The van der Waals surface area contributed by atoms with Crippen LogP contribution in [-0.4, -0.2) is 40.8 Å². The molecule has 0 saturated heterocycles. The van der Waals surface area contributed by atoms with Gasteiger partial charge in [-0.15, -0.1) is 0 Å². The molecule has 19 heavy (non-hydrogen) atoms. The number of hydrogen-bond acceptors (Lipinski definition) is 5. The number of carbonyl (C=O) groups excluding carboxylic acids is 1. The lowest BCUT2D eigenvalue weighted by Crippen LogP contribution is -2.48. The van der Waals surface area contributed by atoms with E-state index in [-0.39, 0.29) is 12.2 Å². The van der Waals surface area contributed by atoms with Crippen LogP contribution in [0.2, 0.25) is 6.04 Å². The summed E-state index contributed by atoms with van der Waals surface area (Å²) in [5.74, 6) is -0.325. The lowest BCUT2D eigenvalue weighted by molar-refractivity contribution is -0.118. The number of amides is 1. The second-order valence-corrected chi connectivity index (χ2v) is 6.69. The van der Waals surface area contributed by atoms with Crippen LogP contribution in [0.25, 0.3) is 0 Å². The molecule has 1 amide bonds. The van der Waals surface area contributed by atoms with Crippen LogP contribution in [-0.2, 0) is 22.8 Å².